The summed E-state index contributed by atoms with van der Waals surface area (Å²) in [4.78, 5) is 33.7. The van der Waals surface area contributed by atoms with Gasteiger partial charge in [-0.15, -0.1) is 0 Å². The van der Waals surface area contributed by atoms with E-state index < -0.39 is 17.1 Å². The Morgan fingerprint density at radius 3 is 2.29 bits per heavy atom. The third-order valence-corrected chi connectivity index (χ3v) is 2.65. The molecule has 0 bridgehead atoms. The third-order valence-electron chi connectivity index (χ3n) is 1.48. The Morgan fingerprint density at radius 1 is 1.21 bits per heavy atom. The highest BCUT2D eigenvalue weighted by molar-refractivity contribution is 14.1. The lowest BCUT2D eigenvalue weighted by atomic mass is 10.7. The van der Waals surface area contributed by atoms with Crippen molar-refractivity contribution in [2.24, 2.45) is 0 Å². The lowest BCUT2D eigenvalue weighted by Crippen LogP contribution is -2.50. The van der Waals surface area contributed by atoms with E-state index in [1.165, 1.54) is 22.9 Å². The molecule has 1 heterocycles. The van der Waals surface area contributed by atoms with Gasteiger partial charge in [0.15, 0.2) is 0 Å². The monoisotopic (exact) mass is 331 g/mol. The number of hydrogen-bond acceptors (Lipinski definition) is 5. The second kappa shape index (κ2) is 4.31. The zero-order valence-electron chi connectivity index (χ0n) is 6.75. The Hall–Kier alpha value is -0.550. The Balaban J connectivity index is 3.70. The van der Waals surface area contributed by atoms with Crippen LogP contribution in [-0.4, -0.2) is 23.0 Å². The zero-order chi connectivity index (χ0) is 10.9. The average Bonchev–Trinajstić information content (AvgIpc) is 2.19. The molecule has 14 heavy (non-hydrogen) atoms. The van der Waals surface area contributed by atoms with Gasteiger partial charge in [-0.2, -0.15) is 6.75 Å². The summed E-state index contributed by atoms with van der Waals surface area (Å²) >= 11 is 5.07. The SMILES string of the molecule is O=c1n(S)c(=O)n(CCO)c(=O)n1I. The van der Waals surface area contributed by atoms with Crippen LogP contribution < -0.4 is 17.1 Å². The first kappa shape index (κ1) is 11.5. The van der Waals surface area contributed by atoms with E-state index in [2.05, 4.69) is 12.8 Å². The van der Waals surface area contributed by atoms with Gasteiger partial charge in [0.1, 0.15) is 0 Å². The number of hydrogen-bond donors (Lipinski definition) is 2. The van der Waals surface area contributed by atoms with Crippen LogP contribution in [0.25, 0.3) is 0 Å². The van der Waals surface area contributed by atoms with Gasteiger partial charge in [0.05, 0.1) is 36.0 Å². The highest BCUT2D eigenvalue weighted by Crippen LogP contribution is 1.80. The van der Waals surface area contributed by atoms with Crippen LogP contribution >= 0.6 is 35.7 Å². The van der Waals surface area contributed by atoms with Crippen LogP contribution in [0.4, 0.5) is 0 Å². The maximum atomic E-state index is 11.3. The molecule has 1 aromatic heterocycles. The summed E-state index contributed by atoms with van der Waals surface area (Å²) < 4.78 is 1.94. The van der Waals surface area contributed by atoms with Crippen LogP contribution in [0, 0.1) is 0 Å². The van der Waals surface area contributed by atoms with Gasteiger partial charge >= 0.3 is 17.1 Å². The summed E-state index contributed by atoms with van der Waals surface area (Å²) in [5.41, 5.74) is -2.46. The van der Waals surface area contributed by atoms with Crippen LogP contribution in [0.1, 0.15) is 0 Å². The van der Waals surface area contributed by atoms with Crippen molar-refractivity contribution in [3.63, 3.8) is 0 Å². The molecule has 9 heteroatoms. The molecule has 78 valence electrons. The lowest BCUT2D eigenvalue weighted by Gasteiger charge is -2.04. The van der Waals surface area contributed by atoms with Crippen molar-refractivity contribution in [2.75, 3.05) is 6.61 Å². The van der Waals surface area contributed by atoms with Crippen molar-refractivity contribution < 1.29 is 5.11 Å². The fourth-order valence-corrected chi connectivity index (χ4v) is 1.68. The van der Waals surface area contributed by atoms with Gasteiger partial charge in [-0.3, -0.25) is 0 Å². The Labute approximate surface area is 96.6 Å². The minimum atomic E-state index is -0.856. The molecule has 0 fully saturated rings. The summed E-state index contributed by atoms with van der Waals surface area (Å²) in [5.74, 6) is 0. The predicted molar refractivity (Wildman–Crippen MR) is 60.1 cm³/mol. The van der Waals surface area contributed by atoms with E-state index in [0.717, 1.165) is 4.57 Å². The van der Waals surface area contributed by atoms with E-state index in [1.54, 1.807) is 0 Å². The molecule has 1 aromatic rings. The van der Waals surface area contributed by atoms with Gasteiger partial charge in [-0.05, 0) is 0 Å². The molecule has 0 unspecified atom stereocenters. The molecule has 0 aliphatic carbocycles. The van der Waals surface area contributed by atoms with E-state index in [1.807, 2.05) is 0 Å². The Morgan fingerprint density at radius 2 is 1.79 bits per heavy atom. The summed E-state index contributed by atoms with van der Waals surface area (Å²) in [6.07, 6.45) is 0. The van der Waals surface area contributed by atoms with Crippen molar-refractivity contribution in [3.05, 3.63) is 31.5 Å². The summed E-state index contributed by atoms with van der Waals surface area (Å²) in [7, 11) is 0. The van der Waals surface area contributed by atoms with Crippen LogP contribution in [0.15, 0.2) is 14.4 Å². The van der Waals surface area contributed by atoms with E-state index >= 15 is 0 Å². The van der Waals surface area contributed by atoms with E-state index in [4.69, 9.17) is 5.11 Å². The Bertz CT molecular complexity index is 475. The maximum absolute atomic E-state index is 11.3. The molecule has 0 amide bonds. The maximum Gasteiger partial charge on any atom is 0.355 e. The van der Waals surface area contributed by atoms with Gasteiger partial charge in [-0.1, -0.05) is 12.8 Å². The summed E-state index contributed by atoms with van der Waals surface area (Å²) in [6, 6.07) is 0. The largest absolute Gasteiger partial charge is 0.395 e. The zero-order valence-corrected chi connectivity index (χ0v) is 9.80. The average molecular weight is 331 g/mol. The topological polar surface area (TPSA) is 86.2 Å². The first-order valence-electron chi connectivity index (χ1n) is 3.46. The molecule has 7 nitrogen and oxygen atoms in total. The van der Waals surface area contributed by atoms with Crippen molar-refractivity contribution >= 4 is 35.7 Å². The molecular weight excluding hydrogens is 325 g/mol. The summed E-state index contributed by atoms with van der Waals surface area (Å²) in [6.45, 7) is -0.528. The smallest absolute Gasteiger partial charge is 0.355 e. The van der Waals surface area contributed by atoms with Gasteiger partial charge in [-0.25, -0.2) is 19.0 Å². The number of aromatic nitrogens is 3. The first-order chi connectivity index (χ1) is 6.50. The molecule has 1 N–H and O–H groups in total. The minimum absolute atomic E-state index is 0.165. The molecule has 0 spiro atoms. The first-order valence-corrected chi connectivity index (χ1v) is 4.82. The van der Waals surface area contributed by atoms with Crippen LogP contribution in [0.3, 0.4) is 0 Å². The van der Waals surface area contributed by atoms with Crippen LogP contribution in [-0.2, 0) is 6.54 Å². The highest BCUT2D eigenvalue weighted by atomic mass is 127. The lowest BCUT2D eigenvalue weighted by molar-refractivity contribution is 0.269. The number of aliphatic hydroxyl groups excluding tert-OH is 1. The minimum Gasteiger partial charge on any atom is -0.395 e. The second-order valence-corrected chi connectivity index (χ2v) is 3.68. The number of thiol groups is 1. The molecular formula is C5H6IN3O4S. The standard InChI is InChI=1S/C5H6IN3O4S/c6-8-3(11)7(1-2-10)4(12)9(14)5(8)13/h10,14H,1-2H2. The molecule has 0 aliphatic rings. The third kappa shape index (κ3) is 1.79. The fourth-order valence-electron chi connectivity index (χ4n) is 0.840. The highest BCUT2D eigenvalue weighted by Gasteiger charge is 2.10. The second-order valence-electron chi connectivity index (χ2n) is 2.32. The Kier molecular flexibility index (Phi) is 3.55. The van der Waals surface area contributed by atoms with Gasteiger partial charge in [0.2, 0.25) is 0 Å². The molecule has 0 aliphatic heterocycles. The van der Waals surface area contributed by atoms with Gasteiger partial charge in [0.25, 0.3) is 0 Å². The van der Waals surface area contributed by atoms with Crippen LogP contribution in [0.2, 0.25) is 0 Å². The number of halogens is 1. The van der Waals surface area contributed by atoms with E-state index in [0.29, 0.717) is 6.75 Å². The quantitative estimate of drug-likeness (QED) is 0.488. The van der Waals surface area contributed by atoms with Crippen molar-refractivity contribution in [1.29, 1.82) is 0 Å². The molecule has 0 radical (unpaired) electrons. The predicted octanol–water partition coefficient (Wildman–Crippen LogP) is -1.95. The van der Waals surface area contributed by atoms with Crippen molar-refractivity contribution in [2.45, 2.75) is 6.54 Å². The normalized spacial score (nSPS) is 10.5. The van der Waals surface area contributed by atoms with Crippen molar-refractivity contribution in [3.8, 4) is 0 Å². The summed E-state index contributed by atoms with van der Waals surface area (Å²) in [5, 5.41) is 8.60. The van der Waals surface area contributed by atoms with E-state index in [9.17, 15) is 14.4 Å². The van der Waals surface area contributed by atoms with Gasteiger partial charge < -0.3 is 5.11 Å². The number of rotatable bonds is 2. The number of aliphatic hydroxyl groups is 1. The molecule has 0 saturated carbocycles. The molecule has 0 saturated heterocycles. The molecule has 0 atom stereocenters. The molecule has 1 rings (SSSR count). The van der Waals surface area contributed by atoms with E-state index in [-0.39, 0.29) is 13.2 Å². The van der Waals surface area contributed by atoms with Gasteiger partial charge in [0, 0.05) is 0 Å². The van der Waals surface area contributed by atoms with Crippen molar-refractivity contribution in [1.82, 2.24) is 11.3 Å². The molecule has 0 aromatic carbocycles. The number of nitrogens with zero attached hydrogens (tertiary/aromatic N) is 3. The fraction of sp³-hybridized carbons (Fsp3) is 0.400. The van der Waals surface area contributed by atoms with Crippen LogP contribution in [0.5, 0.6) is 0 Å².